The molecule has 3 nitrogen and oxygen atoms in total. The number of benzene rings is 1. The van der Waals surface area contributed by atoms with Crippen molar-refractivity contribution < 1.29 is 14.6 Å². The lowest BCUT2D eigenvalue weighted by atomic mass is 10.1. The molecule has 1 saturated carbocycles. The van der Waals surface area contributed by atoms with E-state index in [0.29, 0.717) is 6.10 Å². The summed E-state index contributed by atoms with van der Waals surface area (Å²) in [4.78, 5) is 0. The number of rotatable bonds is 6. The normalized spacial score (nSPS) is 14.8. The summed E-state index contributed by atoms with van der Waals surface area (Å²) in [6.07, 6.45) is 4.13. The number of aliphatic hydroxyl groups excluding tert-OH is 1. The van der Waals surface area contributed by atoms with E-state index in [1.807, 2.05) is 12.1 Å². The summed E-state index contributed by atoms with van der Waals surface area (Å²) in [6.45, 7) is 0.192. The smallest absolute Gasteiger partial charge is 0.164 e. The van der Waals surface area contributed by atoms with Crippen molar-refractivity contribution in [2.75, 3.05) is 13.7 Å². The number of halogens is 1. The van der Waals surface area contributed by atoms with Crippen LogP contribution in [0, 0.1) is 0 Å². The second-order valence-corrected chi connectivity index (χ2v) is 5.16. The molecule has 0 aromatic heterocycles. The maximum absolute atomic E-state index is 8.92. The van der Waals surface area contributed by atoms with Gasteiger partial charge in [-0.1, -0.05) is 15.9 Å². The Morgan fingerprint density at radius 1 is 1.41 bits per heavy atom. The summed E-state index contributed by atoms with van der Waals surface area (Å²) in [5, 5.41) is 8.92. The Hall–Kier alpha value is -0.740. The highest BCUT2D eigenvalue weighted by atomic mass is 79.9. The van der Waals surface area contributed by atoms with Crippen molar-refractivity contribution >= 4 is 15.9 Å². The molecule has 1 fully saturated rings. The molecule has 0 bridgehead atoms. The largest absolute Gasteiger partial charge is 0.493 e. The van der Waals surface area contributed by atoms with Crippen molar-refractivity contribution in [1.29, 1.82) is 0 Å². The van der Waals surface area contributed by atoms with E-state index >= 15 is 0 Å². The minimum atomic E-state index is 0.192. The third-order valence-electron chi connectivity index (χ3n) is 2.73. The Kier molecular flexibility index (Phi) is 4.29. The SMILES string of the molecule is COc1cc(Br)cc(CCCO)c1OC1CC1. The summed E-state index contributed by atoms with van der Waals surface area (Å²) in [6, 6.07) is 3.95. The molecule has 1 aliphatic carbocycles. The highest BCUT2D eigenvalue weighted by Crippen LogP contribution is 2.39. The van der Waals surface area contributed by atoms with Crippen molar-refractivity contribution in [1.82, 2.24) is 0 Å². The minimum Gasteiger partial charge on any atom is -0.493 e. The van der Waals surface area contributed by atoms with Gasteiger partial charge in [-0.15, -0.1) is 0 Å². The number of ether oxygens (including phenoxy) is 2. The topological polar surface area (TPSA) is 38.7 Å². The van der Waals surface area contributed by atoms with Gasteiger partial charge in [-0.2, -0.15) is 0 Å². The van der Waals surface area contributed by atoms with Gasteiger partial charge in [0.2, 0.25) is 0 Å². The first-order chi connectivity index (χ1) is 8.24. The molecule has 0 radical (unpaired) electrons. The average Bonchev–Trinajstić information content (AvgIpc) is 3.12. The molecule has 0 amide bonds. The molecule has 2 rings (SSSR count). The van der Waals surface area contributed by atoms with E-state index in [9.17, 15) is 0 Å². The Morgan fingerprint density at radius 3 is 2.76 bits per heavy atom. The van der Waals surface area contributed by atoms with E-state index in [-0.39, 0.29) is 6.61 Å². The molecule has 1 aromatic rings. The van der Waals surface area contributed by atoms with Crippen LogP contribution in [0.1, 0.15) is 24.8 Å². The Morgan fingerprint density at radius 2 is 2.18 bits per heavy atom. The summed E-state index contributed by atoms with van der Waals surface area (Å²) in [5.41, 5.74) is 1.09. The molecule has 0 spiro atoms. The van der Waals surface area contributed by atoms with Gasteiger partial charge < -0.3 is 14.6 Å². The fourth-order valence-corrected chi connectivity index (χ4v) is 2.20. The van der Waals surface area contributed by atoms with Crippen LogP contribution in [0.4, 0.5) is 0 Å². The number of aryl methyl sites for hydroxylation is 1. The van der Waals surface area contributed by atoms with Gasteiger partial charge in [0.15, 0.2) is 11.5 Å². The Bertz CT molecular complexity index is 388. The van der Waals surface area contributed by atoms with Crippen molar-refractivity contribution in [2.24, 2.45) is 0 Å². The average molecular weight is 301 g/mol. The fourth-order valence-electron chi connectivity index (χ4n) is 1.72. The molecule has 0 heterocycles. The minimum absolute atomic E-state index is 0.192. The van der Waals surface area contributed by atoms with Crippen LogP contribution in [0.5, 0.6) is 11.5 Å². The molecular weight excluding hydrogens is 284 g/mol. The molecule has 0 unspecified atom stereocenters. The molecule has 0 aliphatic heterocycles. The van der Waals surface area contributed by atoms with E-state index in [1.54, 1.807) is 7.11 Å². The Labute approximate surface area is 110 Å². The number of aliphatic hydroxyl groups is 1. The highest BCUT2D eigenvalue weighted by molar-refractivity contribution is 9.10. The van der Waals surface area contributed by atoms with Crippen LogP contribution in [0.15, 0.2) is 16.6 Å². The second kappa shape index (κ2) is 5.74. The number of hydrogen-bond acceptors (Lipinski definition) is 3. The fraction of sp³-hybridized carbons (Fsp3) is 0.538. The van der Waals surface area contributed by atoms with E-state index in [2.05, 4.69) is 15.9 Å². The van der Waals surface area contributed by atoms with Gasteiger partial charge >= 0.3 is 0 Å². The monoisotopic (exact) mass is 300 g/mol. The summed E-state index contributed by atoms with van der Waals surface area (Å²) in [7, 11) is 1.65. The summed E-state index contributed by atoms with van der Waals surface area (Å²) >= 11 is 3.46. The first-order valence-corrected chi connectivity index (χ1v) is 6.68. The van der Waals surface area contributed by atoms with Gasteiger partial charge in [0, 0.05) is 11.1 Å². The Balaban J connectivity index is 2.26. The molecular formula is C13H17BrO3. The van der Waals surface area contributed by atoms with Gasteiger partial charge in [0.25, 0.3) is 0 Å². The van der Waals surface area contributed by atoms with Crippen molar-refractivity contribution in [3.63, 3.8) is 0 Å². The molecule has 1 aromatic carbocycles. The molecule has 0 atom stereocenters. The van der Waals surface area contributed by atoms with Crippen LogP contribution < -0.4 is 9.47 Å². The summed E-state index contributed by atoms with van der Waals surface area (Å²) in [5.74, 6) is 1.60. The lowest BCUT2D eigenvalue weighted by Crippen LogP contribution is -2.03. The standard InChI is InChI=1S/C13H17BrO3/c1-16-12-8-10(14)7-9(3-2-6-15)13(12)17-11-4-5-11/h7-8,11,15H,2-6H2,1H3. The molecule has 1 N–H and O–H groups in total. The van der Waals surface area contributed by atoms with E-state index in [4.69, 9.17) is 14.6 Å². The van der Waals surface area contributed by atoms with Crippen LogP contribution in [0.2, 0.25) is 0 Å². The van der Waals surface area contributed by atoms with Gasteiger partial charge in [0.1, 0.15) is 0 Å². The third kappa shape index (κ3) is 3.36. The number of methoxy groups -OCH3 is 1. The van der Waals surface area contributed by atoms with E-state index in [0.717, 1.165) is 47.2 Å². The molecule has 0 saturated heterocycles. The lowest BCUT2D eigenvalue weighted by molar-refractivity contribution is 0.272. The van der Waals surface area contributed by atoms with Crippen LogP contribution in [0.25, 0.3) is 0 Å². The quantitative estimate of drug-likeness (QED) is 0.878. The zero-order chi connectivity index (χ0) is 12.3. The maximum Gasteiger partial charge on any atom is 0.164 e. The zero-order valence-corrected chi connectivity index (χ0v) is 11.5. The first kappa shape index (κ1) is 12.7. The molecule has 1 aliphatic rings. The highest BCUT2D eigenvalue weighted by Gasteiger charge is 2.26. The van der Waals surface area contributed by atoms with Crippen LogP contribution >= 0.6 is 15.9 Å². The molecule has 4 heteroatoms. The van der Waals surface area contributed by atoms with Crippen molar-refractivity contribution in [3.05, 3.63) is 22.2 Å². The lowest BCUT2D eigenvalue weighted by Gasteiger charge is -2.15. The van der Waals surface area contributed by atoms with Crippen LogP contribution in [-0.2, 0) is 6.42 Å². The molecule has 94 valence electrons. The second-order valence-electron chi connectivity index (χ2n) is 4.24. The maximum atomic E-state index is 8.92. The van der Waals surface area contributed by atoms with Gasteiger partial charge in [-0.05, 0) is 43.4 Å². The van der Waals surface area contributed by atoms with E-state index in [1.165, 1.54) is 0 Å². The van der Waals surface area contributed by atoms with E-state index < -0.39 is 0 Å². The van der Waals surface area contributed by atoms with Gasteiger partial charge in [-0.3, -0.25) is 0 Å². The number of hydrogen-bond donors (Lipinski definition) is 1. The zero-order valence-electron chi connectivity index (χ0n) is 9.91. The first-order valence-electron chi connectivity index (χ1n) is 5.88. The van der Waals surface area contributed by atoms with Gasteiger partial charge in [-0.25, -0.2) is 0 Å². The van der Waals surface area contributed by atoms with Crippen molar-refractivity contribution in [2.45, 2.75) is 31.8 Å². The van der Waals surface area contributed by atoms with Crippen molar-refractivity contribution in [3.8, 4) is 11.5 Å². The predicted molar refractivity (Wildman–Crippen MR) is 69.8 cm³/mol. The summed E-state index contributed by atoms with van der Waals surface area (Å²) < 4.78 is 12.2. The third-order valence-corrected chi connectivity index (χ3v) is 3.19. The van der Waals surface area contributed by atoms with Crippen LogP contribution in [0.3, 0.4) is 0 Å². The predicted octanol–water partition coefficient (Wildman–Crippen LogP) is 2.92. The van der Waals surface area contributed by atoms with Crippen LogP contribution in [-0.4, -0.2) is 24.9 Å². The van der Waals surface area contributed by atoms with Gasteiger partial charge in [0.05, 0.1) is 13.2 Å². The molecule has 17 heavy (non-hydrogen) atoms.